The molecule has 0 aromatic heterocycles. The molecule has 0 aliphatic carbocycles. The molecular formula is C13H25N3S. The number of aliphatic imine (C=N–C) groups is 1. The van der Waals surface area contributed by atoms with Crippen LogP contribution in [0.15, 0.2) is 4.99 Å². The quantitative estimate of drug-likeness (QED) is 0.834. The van der Waals surface area contributed by atoms with Gasteiger partial charge in [-0.2, -0.15) is 0 Å². The van der Waals surface area contributed by atoms with E-state index in [1.54, 1.807) is 0 Å². The van der Waals surface area contributed by atoms with E-state index in [0.717, 1.165) is 19.0 Å². The van der Waals surface area contributed by atoms with Gasteiger partial charge in [-0.3, -0.25) is 4.99 Å². The van der Waals surface area contributed by atoms with E-state index in [4.69, 9.17) is 0 Å². The van der Waals surface area contributed by atoms with Gasteiger partial charge in [-0.25, -0.2) is 0 Å². The molecule has 2 heterocycles. The van der Waals surface area contributed by atoms with E-state index in [1.165, 1.54) is 44.1 Å². The fourth-order valence-electron chi connectivity index (χ4n) is 2.34. The van der Waals surface area contributed by atoms with Crippen molar-refractivity contribution < 1.29 is 0 Å². The third-order valence-electron chi connectivity index (χ3n) is 3.57. The largest absolute Gasteiger partial charge is 0.364 e. The van der Waals surface area contributed by atoms with Crippen LogP contribution in [0.4, 0.5) is 0 Å². The van der Waals surface area contributed by atoms with E-state index < -0.39 is 0 Å². The molecule has 1 saturated heterocycles. The topological polar surface area (TPSA) is 27.6 Å². The van der Waals surface area contributed by atoms with Gasteiger partial charge in [0.05, 0.1) is 6.54 Å². The number of nitrogens with one attached hydrogen (secondary N) is 1. The average Bonchev–Trinajstić information content (AvgIpc) is 2.79. The number of hydrogen-bond acceptors (Lipinski definition) is 4. The third kappa shape index (κ3) is 4.18. The van der Waals surface area contributed by atoms with Crippen molar-refractivity contribution in [2.24, 2.45) is 10.9 Å². The molecule has 0 radical (unpaired) electrons. The SMILES string of the molecule is CC(C)C1CN=C(NCCN2CCCCC2)S1. The Kier molecular flexibility index (Phi) is 5.16. The summed E-state index contributed by atoms with van der Waals surface area (Å²) in [4.78, 5) is 7.14. The van der Waals surface area contributed by atoms with Crippen LogP contribution in [0.1, 0.15) is 33.1 Å². The molecule has 2 rings (SSSR count). The maximum absolute atomic E-state index is 4.57. The average molecular weight is 255 g/mol. The Hall–Kier alpha value is -0.220. The summed E-state index contributed by atoms with van der Waals surface area (Å²) in [6.07, 6.45) is 4.18. The first-order valence-electron chi connectivity index (χ1n) is 6.93. The van der Waals surface area contributed by atoms with Crippen molar-refractivity contribution in [1.29, 1.82) is 0 Å². The monoisotopic (exact) mass is 255 g/mol. The summed E-state index contributed by atoms with van der Waals surface area (Å²) in [5.41, 5.74) is 0. The lowest BCUT2D eigenvalue weighted by Crippen LogP contribution is -2.36. The minimum atomic E-state index is 0.687. The predicted octanol–water partition coefficient (Wildman–Crippen LogP) is 2.19. The van der Waals surface area contributed by atoms with Crippen LogP contribution >= 0.6 is 11.8 Å². The van der Waals surface area contributed by atoms with Crippen LogP contribution in [-0.2, 0) is 0 Å². The van der Waals surface area contributed by atoms with E-state index in [1.807, 2.05) is 11.8 Å². The van der Waals surface area contributed by atoms with Crippen LogP contribution < -0.4 is 5.32 Å². The van der Waals surface area contributed by atoms with Crippen molar-refractivity contribution in [2.45, 2.75) is 38.4 Å². The maximum atomic E-state index is 4.57. The number of rotatable bonds is 4. The summed E-state index contributed by atoms with van der Waals surface area (Å²) < 4.78 is 0. The highest BCUT2D eigenvalue weighted by Gasteiger charge is 2.22. The second-order valence-corrected chi connectivity index (χ2v) is 6.60. The lowest BCUT2D eigenvalue weighted by atomic mass is 10.1. The first-order valence-corrected chi connectivity index (χ1v) is 7.81. The standard InChI is InChI=1S/C13H25N3S/c1-11(2)12-10-15-13(17-12)14-6-9-16-7-4-3-5-8-16/h11-12H,3-10H2,1-2H3,(H,14,15). The Morgan fingerprint density at radius 1 is 1.35 bits per heavy atom. The molecule has 1 N–H and O–H groups in total. The minimum absolute atomic E-state index is 0.687. The second kappa shape index (κ2) is 6.64. The zero-order valence-corrected chi connectivity index (χ0v) is 11.9. The van der Waals surface area contributed by atoms with Gasteiger partial charge < -0.3 is 10.2 Å². The van der Waals surface area contributed by atoms with Gasteiger partial charge in [0.1, 0.15) is 0 Å². The zero-order chi connectivity index (χ0) is 12.1. The third-order valence-corrected chi connectivity index (χ3v) is 5.07. The number of nitrogens with zero attached hydrogens (tertiary/aromatic N) is 2. The molecule has 2 aliphatic heterocycles. The number of piperidine rings is 1. The summed E-state index contributed by atoms with van der Waals surface area (Å²) in [5.74, 6) is 0.727. The first-order chi connectivity index (χ1) is 8.25. The summed E-state index contributed by atoms with van der Waals surface area (Å²) in [7, 11) is 0. The van der Waals surface area contributed by atoms with Gasteiger partial charge in [0, 0.05) is 18.3 Å². The first kappa shape index (κ1) is 13.2. The Bertz CT molecular complexity index is 259. The number of thioether (sulfide) groups is 1. The van der Waals surface area contributed by atoms with E-state index in [2.05, 4.69) is 29.1 Å². The lowest BCUT2D eigenvalue weighted by molar-refractivity contribution is 0.232. The fourth-order valence-corrected chi connectivity index (χ4v) is 3.38. The zero-order valence-electron chi connectivity index (χ0n) is 11.1. The summed E-state index contributed by atoms with van der Waals surface area (Å²) in [6.45, 7) is 10.4. The molecule has 98 valence electrons. The molecule has 0 aromatic carbocycles. The molecule has 3 nitrogen and oxygen atoms in total. The smallest absolute Gasteiger partial charge is 0.156 e. The molecule has 0 bridgehead atoms. The van der Waals surface area contributed by atoms with Gasteiger partial charge in [0.2, 0.25) is 0 Å². The molecule has 1 unspecified atom stereocenters. The highest BCUT2D eigenvalue weighted by Crippen LogP contribution is 2.25. The summed E-state index contributed by atoms with van der Waals surface area (Å²) in [6, 6.07) is 0. The number of amidine groups is 1. The molecule has 4 heteroatoms. The summed E-state index contributed by atoms with van der Waals surface area (Å²) >= 11 is 1.93. The molecule has 2 aliphatic rings. The Labute approximate surface area is 109 Å². The minimum Gasteiger partial charge on any atom is -0.364 e. The van der Waals surface area contributed by atoms with Gasteiger partial charge in [-0.15, -0.1) is 0 Å². The van der Waals surface area contributed by atoms with E-state index >= 15 is 0 Å². The number of likely N-dealkylation sites (tertiary alicyclic amines) is 1. The van der Waals surface area contributed by atoms with E-state index in [0.29, 0.717) is 5.25 Å². The van der Waals surface area contributed by atoms with Crippen molar-refractivity contribution in [3.63, 3.8) is 0 Å². The van der Waals surface area contributed by atoms with E-state index in [-0.39, 0.29) is 0 Å². The van der Waals surface area contributed by atoms with Crippen molar-refractivity contribution in [1.82, 2.24) is 10.2 Å². The van der Waals surface area contributed by atoms with Gasteiger partial charge in [0.15, 0.2) is 5.17 Å². The molecule has 1 fully saturated rings. The van der Waals surface area contributed by atoms with Crippen LogP contribution in [0.3, 0.4) is 0 Å². The van der Waals surface area contributed by atoms with Gasteiger partial charge in [0.25, 0.3) is 0 Å². The molecule has 17 heavy (non-hydrogen) atoms. The second-order valence-electron chi connectivity index (χ2n) is 5.38. The normalized spacial score (nSPS) is 26.3. The van der Waals surface area contributed by atoms with Crippen molar-refractivity contribution >= 4 is 16.9 Å². The molecule has 0 saturated carbocycles. The molecular weight excluding hydrogens is 230 g/mol. The molecule has 0 aromatic rings. The fraction of sp³-hybridized carbons (Fsp3) is 0.923. The maximum Gasteiger partial charge on any atom is 0.156 e. The highest BCUT2D eigenvalue weighted by molar-refractivity contribution is 8.14. The Morgan fingerprint density at radius 2 is 2.12 bits per heavy atom. The van der Waals surface area contributed by atoms with Crippen LogP contribution in [0.2, 0.25) is 0 Å². The van der Waals surface area contributed by atoms with Crippen LogP contribution in [0, 0.1) is 5.92 Å². The van der Waals surface area contributed by atoms with Crippen LogP contribution in [-0.4, -0.2) is 48.0 Å². The van der Waals surface area contributed by atoms with Crippen molar-refractivity contribution in [3.8, 4) is 0 Å². The van der Waals surface area contributed by atoms with Crippen LogP contribution in [0.25, 0.3) is 0 Å². The van der Waals surface area contributed by atoms with Gasteiger partial charge in [-0.1, -0.05) is 32.0 Å². The van der Waals surface area contributed by atoms with E-state index in [9.17, 15) is 0 Å². The van der Waals surface area contributed by atoms with Gasteiger partial charge >= 0.3 is 0 Å². The van der Waals surface area contributed by atoms with Crippen molar-refractivity contribution in [3.05, 3.63) is 0 Å². The van der Waals surface area contributed by atoms with Crippen molar-refractivity contribution in [2.75, 3.05) is 32.7 Å². The van der Waals surface area contributed by atoms with Gasteiger partial charge in [-0.05, 0) is 31.8 Å². The molecule has 0 spiro atoms. The predicted molar refractivity (Wildman–Crippen MR) is 76.8 cm³/mol. The van der Waals surface area contributed by atoms with Crippen LogP contribution in [0.5, 0.6) is 0 Å². The highest BCUT2D eigenvalue weighted by atomic mass is 32.2. The summed E-state index contributed by atoms with van der Waals surface area (Å²) in [5, 5.41) is 5.34. The molecule has 0 amide bonds. The number of hydrogen-bond donors (Lipinski definition) is 1. The molecule has 1 atom stereocenters. The Balaban J connectivity index is 1.59. The Morgan fingerprint density at radius 3 is 2.76 bits per heavy atom. The lowest BCUT2D eigenvalue weighted by Gasteiger charge is -2.26.